The quantitative estimate of drug-likeness (QED) is 0.942. The Bertz CT molecular complexity index is 583. The molecule has 0 unspecified atom stereocenters. The summed E-state index contributed by atoms with van der Waals surface area (Å²) >= 11 is 1.74. The van der Waals surface area contributed by atoms with Crippen LogP contribution >= 0.6 is 11.3 Å². The zero-order valence-electron chi connectivity index (χ0n) is 12.9. The highest BCUT2D eigenvalue weighted by Crippen LogP contribution is 2.23. The van der Waals surface area contributed by atoms with Crippen molar-refractivity contribution in [1.29, 1.82) is 0 Å². The summed E-state index contributed by atoms with van der Waals surface area (Å²) in [5.74, 6) is 0. The molecule has 0 bridgehead atoms. The molecule has 0 amide bonds. The van der Waals surface area contributed by atoms with E-state index in [-0.39, 0.29) is 0 Å². The maximum Gasteiger partial charge on any atom is 0.123 e. The second-order valence-corrected chi connectivity index (χ2v) is 6.96. The Kier molecular flexibility index (Phi) is 4.38. The van der Waals surface area contributed by atoms with Gasteiger partial charge in [0.15, 0.2) is 0 Å². The zero-order valence-corrected chi connectivity index (χ0v) is 13.7. The molecule has 1 aromatic heterocycles. The number of hydrogen-bond donors (Lipinski definition) is 1. The third-order valence-corrected chi connectivity index (χ3v) is 4.84. The van der Waals surface area contributed by atoms with E-state index in [1.54, 1.807) is 16.2 Å². The normalized spacial score (nSPS) is 26.0. The van der Waals surface area contributed by atoms with Crippen molar-refractivity contribution >= 4 is 11.3 Å². The number of aromatic nitrogens is 1. The number of quaternary nitrogens is 1. The fraction of sp³-hybridized carbons (Fsp3) is 0.471. The Labute approximate surface area is 130 Å². The van der Waals surface area contributed by atoms with Gasteiger partial charge in [0.2, 0.25) is 0 Å². The number of aryl methyl sites for hydroxylation is 1. The van der Waals surface area contributed by atoms with Gasteiger partial charge >= 0.3 is 0 Å². The summed E-state index contributed by atoms with van der Waals surface area (Å²) in [6.07, 6.45) is 0.693. The zero-order chi connectivity index (χ0) is 14.8. The Hall–Kier alpha value is -1.23. The fourth-order valence-corrected chi connectivity index (χ4v) is 3.83. The van der Waals surface area contributed by atoms with E-state index < -0.39 is 0 Å². The average Bonchev–Trinajstić information content (AvgIpc) is 2.87. The van der Waals surface area contributed by atoms with E-state index in [4.69, 9.17) is 9.72 Å². The second kappa shape index (κ2) is 6.26. The molecular weight excluding hydrogens is 280 g/mol. The molecule has 0 radical (unpaired) electrons. The first-order chi connectivity index (χ1) is 10.1. The van der Waals surface area contributed by atoms with E-state index in [9.17, 15) is 0 Å². The van der Waals surface area contributed by atoms with Gasteiger partial charge in [-0.3, -0.25) is 0 Å². The van der Waals surface area contributed by atoms with Crippen molar-refractivity contribution in [1.82, 2.24) is 4.98 Å². The van der Waals surface area contributed by atoms with Crippen molar-refractivity contribution in [2.75, 3.05) is 13.1 Å². The van der Waals surface area contributed by atoms with Crippen LogP contribution in [0.25, 0.3) is 10.6 Å². The minimum absolute atomic E-state index is 0.346. The molecule has 2 aromatic rings. The molecule has 1 N–H and O–H groups in total. The lowest BCUT2D eigenvalue weighted by Gasteiger charge is -2.31. The van der Waals surface area contributed by atoms with Crippen LogP contribution in [-0.4, -0.2) is 30.3 Å². The van der Waals surface area contributed by atoms with Gasteiger partial charge in [-0.2, -0.15) is 0 Å². The molecule has 2 atom stereocenters. The molecule has 4 heteroatoms. The second-order valence-electron chi connectivity index (χ2n) is 6.10. The summed E-state index contributed by atoms with van der Waals surface area (Å²) in [6.45, 7) is 9.58. The molecule has 1 aliphatic heterocycles. The van der Waals surface area contributed by atoms with Gasteiger partial charge in [-0.05, 0) is 20.8 Å². The van der Waals surface area contributed by atoms with E-state index in [2.05, 4.69) is 50.4 Å². The number of ether oxygens (including phenoxy) is 1. The number of nitrogens with one attached hydrogen (secondary N) is 1. The highest BCUT2D eigenvalue weighted by Gasteiger charge is 2.26. The molecule has 1 aromatic carbocycles. The van der Waals surface area contributed by atoms with Crippen LogP contribution in [0.5, 0.6) is 0 Å². The molecule has 0 spiro atoms. The number of benzene rings is 1. The van der Waals surface area contributed by atoms with Crippen LogP contribution < -0.4 is 4.90 Å². The number of thiazole rings is 1. The molecular formula is C17H23N2OS+. The van der Waals surface area contributed by atoms with Gasteiger partial charge in [-0.1, -0.05) is 29.8 Å². The Morgan fingerprint density at radius 1 is 1.19 bits per heavy atom. The predicted molar refractivity (Wildman–Crippen MR) is 86.7 cm³/mol. The van der Waals surface area contributed by atoms with Crippen molar-refractivity contribution in [3.8, 4) is 10.6 Å². The van der Waals surface area contributed by atoms with E-state index in [1.165, 1.54) is 16.8 Å². The van der Waals surface area contributed by atoms with Crippen molar-refractivity contribution in [2.45, 2.75) is 39.5 Å². The van der Waals surface area contributed by atoms with Crippen LogP contribution in [0, 0.1) is 6.92 Å². The van der Waals surface area contributed by atoms with Gasteiger partial charge < -0.3 is 9.64 Å². The van der Waals surface area contributed by atoms with E-state index >= 15 is 0 Å². The van der Waals surface area contributed by atoms with Crippen LogP contribution in [-0.2, 0) is 11.3 Å². The largest absolute Gasteiger partial charge is 0.364 e. The van der Waals surface area contributed by atoms with Crippen LogP contribution in [0.3, 0.4) is 0 Å². The van der Waals surface area contributed by atoms with Gasteiger partial charge in [0.1, 0.15) is 42.5 Å². The summed E-state index contributed by atoms with van der Waals surface area (Å²) in [5.41, 5.74) is 3.71. The lowest BCUT2D eigenvalue weighted by molar-refractivity contribution is -0.928. The molecule has 112 valence electrons. The molecule has 0 saturated carbocycles. The van der Waals surface area contributed by atoms with E-state index in [0.29, 0.717) is 12.2 Å². The van der Waals surface area contributed by atoms with Crippen molar-refractivity contribution in [3.05, 3.63) is 40.9 Å². The Morgan fingerprint density at radius 2 is 1.86 bits per heavy atom. The number of morpholine rings is 1. The molecule has 1 saturated heterocycles. The SMILES string of the molecule is Cc1ccc(-c2nc(C[NH+]3C[C@@H](C)O[C@H](C)C3)cs2)cc1. The molecule has 21 heavy (non-hydrogen) atoms. The summed E-state index contributed by atoms with van der Waals surface area (Å²) < 4.78 is 5.80. The highest BCUT2D eigenvalue weighted by molar-refractivity contribution is 7.13. The lowest BCUT2D eigenvalue weighted by Crippen LogP contribution is -3.14. The summed E-state index contributed by atoms with van der Waals surface area (Å²) in [5, 5.41) is 3.33. The number of hydrogen-bond acceptors (Lipinski definition) is 3. The first kappa shape index (κ1) is 14.7. The fourth-order valence-electron chi connectivity index (χ4n) is 3.01. The molecule has 0 aliphatic carbocycles. The van der Waals surface area contributed by atoms with Crippen LogP contribution in [0.1, 0.15) is 25.1 Å². The monoisotopic (exact) mass is 303 g/mol. The third-order valence-electron chi connectivity index (χ3n) is 3.90. The molecule has 3 rings (SSSR count). The summed E-state index contributed by atoms with van der Waals surface area (Å²) in [6, 6.07) is 8.60. The van der Waals surface area contributed by atoms with Gasteiger partial charge in [-0.25, -0.2) is 4.98 Å². The minimum Gasteiger partial charge on any atom is -0.364 e. The third kappa shape index (κ3) is 3.70. The average molecular weight is 303 g/mol. The first-order valence-electron chi connectivity index (χ1n) is 7.60. The van der Waals surface area contributed by atoms with E-state index in [1.807, 2.05) is 0 Å². The Balaban J connectivity index is 1.69. The van der Waals surface area contributed by atoms with Gasteiger partial charge in [0.05, 0.1) is 0 Å². The molecule has 2 heterocycles. The number of rotatable bonds is 3. The predicted octanol–water partition coefficient (Wildman–Crippen LogP) is 2.31. The lowest BCUT2D eigenvalue weighted by atomic mass is 10.2. The van der Waals surface area contributed by atoms with Crippen molar-refractivity contribution in [3.63, 3.8) is 0 Å². The summed E-state index contributed by atoms with van der Waals surface area (Å²) in [7, 11) is 0. The van der Waals surface area contributed by atoms with Crippen LogP contribution in [0.2, 0.25) is 0 Å². The van der Waals surface area contributed by atoms with Gasteiger partial charge in [0, 0.05) is 10.9 Å². The maximum absolute atomic E-state index is 5.80. The molecule has 1 aliphatic rings. The smallest absolute Gasteiger partial charge is 0.123 e. The maximum atomic E-state index is 5.80. The standard InChI is InChI=1S/C17H22N2OS/c1-12-4-6-15(7-5-12)17-18-16(11-21-17)10-19-8-13(2)20-14(3)9-19/h4-7,11,13-14H,8-10H2,1-3H3/p+1/t13-,14-/m1/s1. The van der Waals surface area contributed by atoms with E-state index in [0.717, 1.165) is 24.6 Å². The van der Waals surface area contributed by atoms with Crippen molar-refractivity contribution in [2.24, 2.45) is 0 Å². The molecule has 3 nitrogen and oxygen atoms in total. The minimum atomic E-state index is 0.346. The Morgan fingerprint density at radius 3 is 2.52 bits per heavy atom. The highest BCUT2D eigenvalue weighted by atomic mass is 32.1. The van der Waals surface area contributed by atoms with Crippen molar-refractivity contribution < 1.29 is 9.64 Å². The van der Waals surface area contributed by atoms with Gasteiger partial charge in [-0.15, -0.1) is 11.3 Å². The van der Waals surface area contributed by atoms with Crippen LogP contribution in [0.4, 0.5) is 0 Å². The molecule has 1 fully saturated rings. The van der Waals surface area contributed by atoms with Crippen LogP contribution in [0.15, 0.2) is 29.6 Å². The van der Waals surface area contributed by atoms with Gasteiger partial charge in [0.25, 0.3) is 0 Å². The first-order valence-corrected chi connectivity index (χ1v) is 8.48. The summed E-state index contributed by atoms with van der Waals surface area (Å²) in [4.78, 5) is 6.38. The topological polar surface area (TPSA) is 26.6 Å². The number of nitrogens with zero attached hydrogens (tertiary/aromatic N) is 1.